The molecule has 0 aliphatic carbocycles. The van der Waals surface area contributed by atoms with Crippen LogP contribution in [0.15, 0.2) is 29.8 Å². The number of guanidine groups is 1. The highest BCUT2D eigenvalue weighted by Gasteiger charge is 2.27. The third kappa shape index (κ3) is 1.97. The zero-order chi connectivity index (χ0) is 11.5. The largest absolute Gasteiger partial charge is 0.370 e. The molecule has 1 atom stereocenters. The molecule has 1 unspecified atom stereocenters. The number of hydrogen-bond donors (Lipinski definition) is 1. The second-order valence-corrected chi connectivity index (χ2v) is 5.01. The standard InChI is InChI=1S/C12H17N3S/c1-3-7-15-10(8-14-12(15)13)11-6-5-9(4-2)16-11/h3,5-6,10H,1,4,7-8H2,2H3,(H2,13,14). The first kappa shape index (κ1) is 11.2. The molecule has 1 aromatic rings. The molecule has 1 aliphatic rings. The average molecular weight is 235 g/mol. The summed E-state index contributed by atoms with van der Waals surface area (Å²) in [5, 5.41) is 0. The van der Waals surface area contributed by atoms with E-state index in [-0.39, 0.29) is 0 Å². The molecule has 0 aromatic carbocycles. The van der Waals surface area contributed by atoms with Gasteiger partial charge in [-0.25, -0.2) is 0 Å². The molecule has 1 aliphatic heterocycles. The molecule has 2 rings (SSSR count). The SMILES string of the molecule is C=CCN1C(N)=NCC1c1ccc(CC)s1. The maximum absolute atomic E-state index is 5.86. The van der Waals surface area contributed by atoms with Gasteiger partial charge in [-0.3, -0.25) is 4.99 Å². The second-order valence-electron chi connectivity index (χ2n) is 3.81. The molecule has 0 radical (unpaired) electrons. The van der Waals surface area contributed by atoms with Gasteiger partial charge in [-0.05, 0) is 18.6 Å². The van der Waals surface area contributed by atoms with E-state index in [2.05, 4.69) is 35.5 Å². The Hall–Kier alpha value is -1.29. The molecule has 1 aromatic heterocycles. The van der Waals surface area contributed by atoms with Crippen LogP contribution in [0, 0.1) is 0 Å². The van der Waals surface area contributed by atoms with Gasteiger partial charge in [0.05, 0.1) is 12.6 Å². The van der Waals surface area contributed by atoms with E-state index >= 15 is 0 Å². The number of nitrogens with zero attached hydrogens (tertiary/aromatic N) is 2. The summed E-state index contributed by atoms with van der Waals surface area (Å²) in [6.07, 6.45) is 2.96. The predicted octanol–water partition coefficient (Wildman–Crippen LogP) is 2.17. The Bertz CT molecular complexity index is 408. The number of rotatable bonds is 4. The van der Waals surface area contributed by atoms with E-state index in [1.165, 1.54) is 9.75 Å². The van der Waals surface area contributed by atoms with Gasteiger partial charge in [-0.2, -0.15) is 0 Å². The molecule has 3 nitrogen and oxygen atoms in total. The summed E-state index contributed by atoms with van der Waals surface area (Å²) >= 11 is 1.86. The van der Waals surface area contributed by atoms with Crippen molar-refractivity contribution in [3.05, 3.63) is 34.5 Å². The number of aryl methyl sites for hydroxylation is 1. The third-order valence-corrected chi connectivity index (χ3v) is 4.11. The molecule has 2 N–H and O–H groups in total. The van der Waals surface area contributed by atoms with Crippen molar-refractivity contribution in [1.82, 2.24) is 4.90 Å². The lowest BCUT2D eigenvalue weighted by Crippen LogP contribution is -2.35. The Morgan fingerprint density at radius 1 is 1.69 bits per heavy atom. The summed E-state index contributed by atoms with van der Waals surface area (Å²) in [5.74, 6) is 0.636. The third-order valence-electron chi connectivity index (χ3n) is 2.78. The number of nitrogens with two attached hydrogens (primary N) is 1. The van der Waals surface area contributed by atoms with Crippen molar-refractivity contribution in [1.29, 1.82) is 0 Å². The van der Waals surface area contributed by atoms with Gasteiger partial charge in [0, 0.05) is 16.3 Å². The molecular formula is C12H17N3S. The van der Waals surface area contributed by atoms with Gasteiger partial charge in [0.25, 0.3) is 0 Å². The lowest BCUT2D eigenvalue weighted by Gasteiger charge is -2.23. The van der Waals surface area contributed by atoms with Crippen LogP contribution < -0.4 is 5.73 Å². The first-order valence-electron chi connectivity index (χ1n) is 5.52. The van der Waals surface area contributed by atoms with Crippen LogP contribution >= 0.6 is 11.3 Å². The van der Waals surface area contributed by atoms with Crippen molar-refractivity contribution in [3.63, 3.8) is 0 Å². The van der Waals surface area contributed by atoms with Crippen LogP contribution in [0.4, 0.5) is 0 Å². The van der Waals surface area contributed by atoms with Gasteiger partial charge in [-0.1, -0.05) is 13.0 Å². The lowest BCUT2D eigenvalue weighted by molar-refractivity contribution is 0.385. The summed E-state index contributed by atoms with van der Waals surface area (Å²) < 4.78 is 0. The number of aliphatic imine (C=N–C) groups is 1. The van der Waals surface area contributed by atoms with E-state index in [1.54, 1.807) is 0 Å². The molecule has 0 spiro atoms. The molecule has 0 bridgehead atoms. The van der Waals surface area contributed by atoms with E-state index in [9.17, 15) is 0 Å². The minimum absolute atomic E-state index is 0.309. The zero-order valence-corrected chi connectivity index (χ0v) is 10.3. The molecule has 16 heavy (non-hydrogen) atoms. The highest BCUT2D eigenvalue weighted by atomic mass is 32.1. The quantitative estimate of drug-likeness (QED) is 0.813. The first-order valence-corrected chi connectivity index (χ1v) is 6.34. The van der Waals surface area contributed by atoms with Gasteiger partial charge >= 0.3 is 0 Å². The van der Waals surface area contributed by atoms with E-state index < -0.39 is 0 Å². The van der Waals surface area contributed by atoms with Gasteiger partial charge in [0.1, 0.15) is 0 Å². The highest BCUT2D eigenvalue weighted by molar-refractivity contribution is 7.12. The van der Waals surface area contributed by atoms with Crippen LogP contribution in [-0.2, 0) is 6.42 Å². The van der Waals surface area contributed by atoms with E-state index in [0.717, 1.165) is 19.5 Å². The molecule has 0 saturated heterocycles. The van der Waals surface area contributed by atoms with Crippen molar-refractivity contribution in [2.24, 2.45) is 10.7 Å². The van der Waals surface area contributed by atoms with Crippen molar-refractivity contribution in [3.8, 4) is 0 Å². The van der Waals surface area contributed by atoms with Gasteiger partial charge in [0.2, 0.25) is 0 Å². The Balaban J connectivity index is 2.18. The van der Waals surface area contributed by atoms with E-state index in [0.29, 0.717) is 12.0 Å². The van der Waals surface area contributed by atoms with Crippen LogP contribution in [0.25, 0.3) is 0 Å². The normalized spacial score (nSPS) is 19.9. The van der Waals surface area contributed by atoms with Crippen LogP contribution in [-0.4, -0.2) is 23.9 Å². The summed E-state index contributed by atoms with van der Waals surface area (Å²) in [5.41, 5.74) is 5.86. The summed E-state index contributed by atoms with van der Waals surface area (Å²) in [6, 6.07) is 4.70. The van der Waals surface area contributed by atoms with Crippen molar-refractivity contribution in [2.45, 2.75) is 19.4 Å². The molecule has 0 saturated carbocycles. The van der Waals surface area contributed by atoms with Gasteiger partial charge in [-0.15, -0.1) is 17.9 Å². The zero-order valence-electron chi connectivity index (χ0n) is 9.52. The number of hydrogen-bond acceptors (Lipinski definition) is 4. The Labute approximate surface area is 100 Å². The minimum Gasteiger partial charge on any atom is -0.370 e. The summed E-state index contributed by atoms with van der Waals surface area (Å²) in [7, 11) is 0. The smallest absolute Gasteiger partial charge is 0.192 e. The van der Waals surface area contributed by atoms with Crippen LogP contribution in [0.5, 0.6) is 0 Å². The maximum atomic E-state index is 5.86. The van der Waals surface area contributed by atoms with Crippen LogP contribution in [0.3, 0.4) is 0 Å². The minimum atomic E-state index is 0.309. The summed E-state index contributed by atoms with van der Waals surface area (Å²) in [6.45, 7) is 7.47. The van der Waals surface area contributed by atoms with E-state index in [4.69, 9.17) is 5.73 Å². The molecule has 0 amide bonds. The maximum Gasteiger partial charge on any atom is 0.192 e. The monoisotopic (exact) mass is 235 g/mol. The highest BCUT2D eigenvalue weighted by Crippen LogP contribution is 2.31. The number of thiophene rings is 1. The predicted molar refractivity (Wildman–Crippen MR) is 69.8 cm³/mol. The van der Waals surface area contributed by atoms with Crippen LogP contribution in [0.1, 0.15) is 22.7 Å². The van der Waals surface area contributed by atoms with Crippen molar-refractivity contribution < 1.29 is 0 Å². The lowest BCUT2D eigenvalue weighted by atomic mass is 10.2. The van der Waals surface area contributed by atoms with Crippen molar-refractivity contribution >= 4 is 17.3 Å². The Kier molecular flexibility index (Phi) is 3.29. The fourth-order valence-electron chi connectivity index (χ4n) is 1.90. The molecule has 86 valence electrons. The van der Waals surface area contributed by atoms with Crippen LogP contribution in [0.2, 0.25) is 0 Å². The Morgan fingerprint density at radius 2 is 2.50 bits per heavy atom. The first-order chi connectivity index (χ1) is 7.76. The fraction of sp³-hybridized carbons (Fsp3) is 0.417. The Morgan fingerprint density at radius 3 is 3.12 bits per heavy atom. The van der Waals surface area contributed by atoms with Gasteiger partial charge < -0.3 is 10.6 Å². The second kappa shape index (κ2) is 4.70. The molecule has 2 heterocycles. The van der Waals surface area contributed by atoms with Gasteiger partial charge in [0.15, 0.2) is 5.96 Å². The average Bonchev–Trinajstić information content (AvgIpc) is 2.87. The fourth-order valence-corrected chi connectivity index (χ4v) is 2.95. The topological polar surface area (TPSA) is 41.6 Å². The molecule has 4 heteroatoms. The summed E-state index contributed by atoms with van der Waals surface area (Å²) in [4.78, 5) is 9.18. The molecular weight excluding hydrogens is 218 g/mol. The van der Waals surface area contributed by atoms with E-state index in [1.807, 2.05) is 17.4 Å². The van der Waals surface area contributed by atoms with Crippen molar-refractivity contribution in [2.75, 3.05) is 13.1 Å². The molecule has 0 fully saturated rings.